The summed E-state index contributed by atoms with van der Waals surface area (Å²) in [7, 11) is 2.71. The highest BCUT2D eigenvalue weighted by Crippen LogP contribution is 2.35. The first-order chi connectivity index (χ1) is 33.8. The second kappa shape index (κ2) is 26.4. The highest BCUT2D eigenvalue weighted by molar-refractivity contribution is 5.99. The van der Waals surface area contributed by atoms with Crippen molar-refractivity contribution in [3.05, 3.63) is 35.9 Å². The number of cyclic esters (lactones) is 2. The molecule has 6 rings (SSSR count). The van der Waals surface area contributed by atoms with Gasteiger partial charge in [0, 0.05) is 43.3 Å². The van der Waals surface area contributed by atoms with E-state index in [0.717, 1.165) is 38.5 Å². The van der Waals surface area contributed by atoms with E-state index in [0.29, 0.717) is 24.7 Å². The number of ether oxygens (including phenoxy) is 9. The molecular weight excluding hydrogens is 929 g/mol. The molecule has 0 radical (unpaired) electrons. The molecule has 21 nitrogen and oxygen atoms in total. The monoisotopic (exact) mass is 998 g/mol. The van der Waals surface area contributed by atoms with E-state index in [1.54, 1.807) is 13.8 Å². The van der Waals surface area contributed by atoms with Gasteiger partial charge in [0.1, 0.15) is 24.4 Å². The van der Waals surface area contributed by atoms with E-state index in [-0.39, 0.29) is 90.7 Å². The Balaban J connectivity index is 0.000000265. The van der Waals surface area contributed by atoms with Crippen LogP contribution in [0.15, 0.2) is 24.5 Å². The molecule has 2 aromatic heterocycles. The molecule has 4 heterocycles. The lowest BCUT2D eigenvalue weighted by atomic mass is 9.89. The third-order valence-corrected chi connectivity index (χ3v) is 12.5. The minimum absolute atomic E-state index is 0.0602. The summed E-state index contributed by atoms with van der Waals surface area (Å²) in [4.78, 5) is 96.0. The van der Waals surface area contributed by atoms with Crippen LogP contribution >= 0.6 is 0 Å². The van der Waals surface area contributed by atoms with Gasteiger partial charge in [0.15, 0.2) is 40.7 Å². The van der Waals surface area contributed by atoms with Gasteiger partial charge in [-0.2, -0.15) is 0 Å². The second-order valence-corrected chi connectivity index (χ2v) is 19.2. The number of pyridine rings is 2. The first-order valence-corrected chi connectivity index (χ1v) is 24.3. The molecule has 71 heavy (non-hydrogen) atoms. The van der Waals surface area contributed by atoms with Crippen LogP contribution < -0.4 is 24.8 Å². The largest absolute Gasteiger partial charge is 0.503 e. The Hall–Kier alpha value is -6.09. The van der Waals surface area contributed by atoms with Crippen molar-refractivity contribution in [2.24, 2.45) is 35.5 Å². The Morgan fingerprint density at radius 3 is 1.51 bits per heavy atom. The van der Waals surface area contributed by atoms with Crippen molar-refractivity contribution in [3.8, 4) is 23.0 Å². The molecule has 2 aliphatic heterocycles. The maximum absolute atomic E-state index is 13.1. The predicted molar refractivity (Wildman–Crippen MR) is 250 cm³/mol. The number of hydrogen-bond donors (Lipinski definition) is 3. The lowest BCUT2D eigenvalue weighted by Gasteiger charge is -2.31. The molecule has 2 aromatic rings. The van der Waals surface area contributed by atoms with E-state index in [2.05, 4.69) is 48.3 Å². The SMILES string of the molecule is COc1ccnc(C(=O)N[C@H]2COC[C@H](OC(=O)C3CC3)[C@@H](CCC(C)C)[C@H](C)OC2=O)c1O.COc1ccnc(C(=O)N[C@H]2COC[C@H](OC(=O)C3CC3)[C@@H](CCC(C)C)[C@H](C)OC2=O)c1OC(C)=O. The van der Waals surface area contributed by atoms with Crippen LogP contribution in [0.5, 0.6) is 23.0 Å². The Morgan fingerprint density at radius 1 is 0.676 bits per heavy atom. The van der Waals surface area contributed by atoms with Gasteiger partial charge in [-0.1, -0.05) is 40.5 Å². The zero-order valence-electron chi connectivity index (χ0n) is 42.1. The van der Waals surface area contributed by atoms with Gasteiger partial charge in [-0.15, -0.1) is 0 Å². The van der Waals surface area contributed by atoms with Crippen LogP contribution in [0.25, 0.3) is 0 Å². The fourth-order valence-electron chi connectivity index (χ4n) is 7.98. The number of esters is 5. The van der Waals surface area contributed by atoms with Gasteiger partial charge in [0.05, 0.1) is 52.5 Å². The van der Waals surface area contributed by atoms with Crippen LogP contribution in [-0.2, 0) is 52.4 Å². The molecule has 2 saturated carbocycles. The quantitative estimate of drug-likeness (QED) is 0.143. The molecule has 2 amide bonds. The normalized spacial score (nSPS) is 24.8. The Kier molecular flexibility index (Phi) is 20.7. The fraction of sp³-hybridized carbons (Fsp3) is 0.660. The van der Waals surface area contributed by atoms with Crippen molar-refractivity contribution in [2.75, 3.05) is 40.6 Å². The van der Waals surface area contributed by atoms with Crippen LogP contribution in [0.1, 0.15) is 121 Å². The molecule has 0 aromatic carbocycles. The summed E-state index contributed by atoms with van der Waals surface area (Å²) < 4.78 is 49.9. The van der Waals surface area contributed by atoms with Crippen molar-refractivity contribution in [2.45, 2.75) is 136 Å². The zero-order chi connectivity index (χ0) is 51.9. The molecule has 3 N–H and O–H groups in total. The third-order valence-electron chi connectivity index (χ3n) is 12.5. The van der Waals surface area contributed by atoms with E-state index >= 15 is 0 Å². The number of aromatic hydroxyl groups is 1. The lowest BCUT2D eigenvalue weighted by molar-refractivity contribution is -0.165. The van der Waals surface area contributed by atoms with Gasteiger partial charge in [0.25, 0.3) is 11.8 Å². The van der Waals surface area contributed by atoms with Crippen LogP contribution in [0.2, 0.25) is 0 Å². The van der Waals surface area contributed by atoms with Crippen LogP contribution in [0.4, 0.5) is 0 Å². The van der Waals surface area contributed by atoms with Gasteiger partial charge in [-0.05, 0) is 64.2 Å². The van der Waals surface area contributed by atoms with E-state index in [4.69, 9.17) is 42.6 Å². The lowest BCUT2D eigenvalue weighted by Crippen LogP contribution is -2.46. The molecule has 8 atom stereocenters. The highest BCUT2D eigenvalue weighted by Gasteiger charge is 2.42. The number of nitrogens with zero attached hydrogens (tertiary/aromatic N) is 2. The molecule has 0 unspecified atom stereocenters. The minimum atomic E-state index is -1.17. The van der Waals surface area contributed by atoms with Gasteiger partial charge < -0.3 is 58.4 Å². The molecule has 4 aliphatic rings. The van der Waals surface area contributed by atoms with E-state index < -0.39 is 72.0 Å². The maximum Gasteiger partial charge on any atom is 0.331 e. The fourth-order valence-corrected chi connectivity index (χ4v) is 7.98. The summed E-state index contributed by atoms with van der Waals surface area (Å²) in [5.41, 5.74) is -0.521. The van der Waals surface area contributed by atoms with E-state index in [9.17, 15) is 38.7 Å². The highest BCUT2D eigenvalue weighted by atomic mass is 16.6. The number of rotatable bonds is 17. The van der Waals surface area contributed by atoms with Crippen molar-refractivity contribution in [3.63, 3.8) is 0 Å². The first kappa shape index (κ1) is 55.8. The van der Waals surface area contributed by atoms with Crippen LogP contribution in [-0.4, -0.2) is 134 Å². The van der Waals surface area contributed by atoms with Crippen LogP contribution in [0, 0.1) is 35.5 Å². The number of amides is 2. The first-order valence-electron chi connectivity index (χ1n) is 24.3. The number of carbonyl (C=O) groups is 7. The molecule has 2 aliphatic carbocycles. The van der Waals surface area contributed by atoms with Gasteiger partial charge in [-0.25, -0.2) is 19.6 Å². The summed E-state index contributed by atoms with van der Waals surface area (Å²) in [5, 5.41) is 15.3. The Bertz CT molecular complexity index is 2180. The van der Waals surface area contributed by atoms with Gasteiger partial charge in [-0.3, -0.25) is 24.0 Å². The molecule has 21 heteroatoms. The molecule has 2 saturated heterocycles. The van der Waals surface area contributed by atoms with Crippen molar-refractivity contribution < 1.29 is 81.3 Å². The summed E-state index contributed by atoms with van der Waals surface area (Å²) >= 11 is 0. The van der Waals surface area contributed by atoms with Crippen molar-refractivity contribution in [1.82, 2.24) is 20.6 Å². The Morgan fingerprint density at radius 2 is 1.10 bits per heavy atom. The van der Waals surface area contributed by atoms with Crippen molar-refractivity contribution in [1.29, 1.82) is 0 Å². The summed E-state index contributed by atoms with van der Waals surface area (Å²) in [6, 6.07) is 0.544. The minimum Gasteiger partial charge on any atom is -0.503 e. The standard InChI is InChI=1S/C26H36N2O9.C24H34N2O8/c1-14(2)6-9-18-15(3)35-26(32)19(12-34-13-21(18)37-25(31)17-7-8-17)28-24(30)22-23(36-16(4)29)20(33-5)10-11-27-22;1-13(2)5-8-16-14(3)33-24(30)17(11-32-12-19(16)34-23(29)15-6-7-15)26-22(28)20-21(27)18(31-4)9-10-25-20/h10-11,14-15,17-19,21H,6-9,12-13H2,1-5H3,(H,28,30);9-10,13-17,19,27H,5-8,11-12H2,1-4H3,(H,26,28)/t15-,18-,19-,21-;14-,16-,17-,19-/m00/s1. The molecular formula is C50H70N4O17. The molecule has 0 bridgehead atoms. The van der Waals surface area contributed by atoms with E-state index in [1.807, 2.05) is 0 Å². The number of methoxy groups -OCH3 is 2. The van der Waals surface area contributed by atoms with Gasteiger partial charge in [0.2, 0.25) is 5.75 Å². The summed E-state index contributed by atoms with van der Waals surface area (Å²) in [6.07, 6.45) is 6.70. The molecule has 4 fully saturated rings. The summed E-state index contributed by atoms with van der Waals surface area (Å²) in [6.45, 7) is 12.8. The number of aromatic nitrogens is 2. The third kappa shape index (κ3) is 16.5. The Labute approximate surface area is 414 Å². The molecule has 392 valence electrons. The number of nitrogens with one attached hydrogen (secondary N) is 2. The van der Waals surface area contributed by atoms with Gasteiger partial charge >= 0.3 is 29.8 Å². The average Bonchev–Trinajstić information content (AvgIpc) is 4.25. The molecule has 0 spiro atoms. The topological polar surface area (TPSA) is 273 Å². The predicted octanol–water partition coefficient (Wildman–Crippen LogP) is 4.68. The van der Waals surface area contributed by atoms with Crippen molar-refractivity contribution >= 4 is 41.7 Å². The summed E-state index contributed by atoms with van der Waals surface area (Å²) in [5.74, 6) is -4.30. The zero-order valence-corrected chi connectivity index (χ0v) is 42.1. The van der Waals surface area contributed by atoms with Crippen LogP contribution in [0.3, 0.4) is 0 Å². The second-order valence-electron chi connectivity index (χ2n) is 19.2. The number of carbonyl (C=O) groups excluding carboxylic acids is 7. The maximum atomic E-state index is 13.1. The van der Waals surface area contributed by atoms with E-state index in [1.165, 1.54) is 45.7 Å². The number of hydrogen-bond acceptors (Lipinski definition) is 19. The average molecular weight is 999 g/mol. The smallest absolute Gasteiger partial charge is 0.331 e.